The molecular weight excluding hydrogens is 246 g/mol. The fraction of sp³-hybridized carbons (Fsp3) is 0.846. The summed E-state index contributed by atoms with van der Waals surface area (Å²) in [6.07, 6.45) is 4.08. The fourth-order valence-electron chi connectivity index (χ4n) is 2.40. The molecule has 104 valence electrons. The van der Waals surface area contributed by atoms with Crippen LogP contribution in [0.25, 0.3) is 0 Å². The van der Waals surface area contributed by atoms with E-state index in [0.29, 0.717) is 4.99 Å². The molecule has 0 aliphatic carbocycles. The minimum Gasteiger partial charge on any atom is -0.393 e. The first-order chi connectivity index (χ1) is 8.38. The second-order valence-corrected chi connectivity index (χ2v) is 6.10. The Morgan fingerprint density at radius 2 is 2.22 bits per heavy atom. The molecule has 0 saturated carbocycles. The molecular formula is C13H25N3OS. The van der Waals surface area contributed by atoms with Crippen LogP contribution in [0.5, 0.6) is 0 Å². The highest BCUT2D eigenvalue weighted by Gasteiger charge is 2.30. The number of nitrogens with two attached hydrogens (primary N) is 1. The number of amides is 1. The summed E-state index contributed by atoms with van der Waals surface area (Å²) in [6, 6.07) is 0.0583. The summed E-state index contributed by atoms with van der Waals surface area (Å²) in [5.74, 6) is 0.140. The number of carbonyl (C=O) groups excluding carboxylic acids is 1. The first-order valence-electron chi connectivity index (χ1n) is 6.64. The lowest BCUT2D eigenvalue weighted by atomic mass is 9.88. The Morgan fingerprint density at radius 1 is 1.56 bits per heavy atom. The molecule has 18 heavy (non-hydrogen) atoms. The van der Waals surface area contributed by atoms with Crippen molar-refractivity contribution in [3.63, 3.8) is 0 Å². The molecule has 1 aliphatic heterocycles. The van der Waals surface area contributed by atoms with Gasteiger partial charge in [-0.2, -0.15) is 0 Å². The van der Waals surface area contributed by atoms with Crippen LogP contribution in [0, 0.1) is 5.41 Å². The van der Waals surface area contributed by atoms with Crippen LogP contribution in [-0.4, -0.2) is 42.0 Å². The van der Waals surface area contributed by atoms with Crippen molar-refractivity contribution >= 4 is 23.1 Å². The normalized spacial score (nSPS) is 20.9. The molecule has 0 aromatic carbocycles. The third kappa shape index (κ3) is 3.92. The molecule has 1 unspecified atom stereocenters. The lowest BCUT2D eigenvalue weighted by molar-refractivity contribution is -0.125. The molecule has 1 saturated heterocycles. The van der Waals surface area contributed by atoms with Crippen molar-refractivity contribution < 1.29 is 4.79 Å². The predicted octanol–water partition coefficient (Wildman–Crippen LogP) is 1.29. The van der Waals surface area contributed by atoms with Crippen molar-refractivity contribution in [2.24, 2.45) is 11.1 Å². The fourth-order valence-corrected chi connectivity index (χ4v) is 2.51. The summed E-state index contributed by atoms with van der Waals surface area (Å²) >= 11 is 5.06. The van der Waals surface area contributed by atoms with Gasteiger partial charge in [-0.1, -0.05) is 26.1 Å². The highest BCUT2D eigenvalue weighted by atomic mass is 32.1. The molecule has 0 aromatic rings. The standard InChI is InChI=1S/C13H25N3OS/c1-13(2,12(14)18)7-5-9-16-8-4-6-10(16)11(17)15-3/h10H,4-9H2,1-3H3,(H2,14,18)(H,15,17). The molecule has 1 heterocycles. The molecule has 1 atom stereocenters. The molecule has 0 aromatic heterocycles. The van der Waals surface area contributed by atoms with Crippen molar-refractivity contribution in [3.8, 4) is 0 Å². The molecule has 3 N–H and O–H groups in total. The van der Waals surface area contributed by atoms with E-state index in [1.54, 1.807) is 7.05 Å². The highest BCUT2D eigenvalue weighted by Crippen LogP contribution is 2.24. The van der Waals surface area contributed by atoms with E-state index in [2.05, 4.69) is 24.1 Å². The summed E-state index contributed by atoms with van der Waals surface area (Å²) in [4.78, 5) is 14.5. The van der Waals surface area contributed by atoms with Crippen molar-refractivity contribution in [1.29, 1.82) is 0 Å². The Balaban J connectivity index is 2.39. The molecule has 1 amide bonds. The second-order valence-electron chi connectivity index (χ2n) is 5.66. The lowest BCUT2D eigenvalue weighted by Crippen LogP contribution is -2.42. The van der Waals surface area contributed by atoms with Gasteiger partial charge in [-0.3, -0.25) is 9.69 Å². The number of likely N-dealkylation sites (tertiary alicyclic amines) is 1. The number of hydrogen-bond donors (Lipinski definition) is 2. The maximum absolute atomic E-state index is 11.7. The molecule has 5 heteroatoms. The zero-order valence-corrected chi connectivity index (χ0v) is 12.5. The second kappa shape index (κ2) is 6.48. The molecule has 1 rings (SSSR count). The summed E-state index contributed by atoms with van der Waals surface area (Å²) in [7, 11) is 1.70. The van der Waals surface area contributed by atoms with Crippen molar-refractivity contribution in [3.05, 3.63) is 0 Å². The van der Waals surface area contributed by atoms with Gasteiger partial charge in [-0.05, 0) is 38.8 Å². The number of likely N-dealkylation sites (N-methyl/N-ethyl adjacent to an activating group) is 1. The van der Waals surface area contributed by atoms with Crippen LogP contribution in [0.2, 0.25) is 0 Å². The van der Waals surface area contributed by atoms with Crippen LogP contribution in [0.4, 0.5) is 0 Å². The van der Waals surface area contributed by atoms with E-state index in [0.717, 1.165) is 38.8 Å². The predicted molar refractivity (Wildman–Crippen MR) is 78.5 cm³/mol. The van der Waals surface area contributed by atoms with Gasteiger partial charge in [0.2, 0.25) is 5.91 Å². The number of thiocarbonyl (C=S) groups is 1. The number of carbonyl (C=O) groups is 1. The van der Waals surface area contributed by atoms with Crippen LogP contribution in [0.3, 0.4) is 0 Å². The minimum absolute atomic E-state index is 0.0583. The average molecular weight is 271 g/mol. The Bertz CT molecular complexity index is 317. The minimum atomic E-state index is -0.0857. The number of nitrogens with one attached hydrogen (secondary N) is 1. The van der Waals surface area contributed by atoms with Gasteiger partial charge in [0.25, 0.3) is 0 Å². The van der Waals surface area contributed by atoms with E-state index < -0.39 is 0 Å². The summed E-state index contributed by atoms with van der Waals surface area (Å²) in [5.41, 5.74) is 5.63. The van der Waals surface area contributed by atoms with Crippen LogP contribution < -0.4 is 11.1 Å². The van der Waals surface area contributed by atoms with Crippen molar-refractivity contribution in [2.45, 2.75) is 45.6 Å². The van der Waals surface area contributed by atoms with Gasteiger partial charge >= 0.3 is 0 Å². The van der Waals surface area contributed by atoms with Crippen LogP contribution in [0.1, 0.15) is 39.5 Å². The Labute approximate surface area is 115 Å². The van der Waals surface area contributed by atoms with Gasteiger partial charge in [-0.25, -0.2) is 0 Å². The van der Waals surface area contributed by atoms with Gasteiger partial charge in [0.15, 0.2) is 0 Å². The number of nitrogens with zero attached hydrogens (tertiary/aromatic N) is 1. The van der Waals surface area contributed by atoms with Crippen LogP contribution in [0.15, 0.2) is 0 Å². The molecule has 0 radical (unpaired) electrons. The third-order valence-corrected chi connectivity index (χ3v) is 4.38. The summed E-state index contributed by atoms with van der Waals surface area (Å²) in [6.45, 7) is 6.13. The van der Waals surface area contributed by atoms with Crippen molar-refractivity contribution in [1.82, 2.24) is 10.2 Å². The summed E-state index contributed by atoms with van der Waals surface area (Å²) in [5, 5.41) is 2.74. The van der Waals surface area contributed by atoms with Crippen LogP contribution in [-0.2, 0) is 4.79 Å². The molecule has 0 bridgehead atoms. The quantitative estimate of drug-likeness (QED) is 0.715. The molecule has 1 aliphatic rings. The van der Waals surface area contributed by atoms with Gasteiger partial charge < -0.3 is 11.1 Å². The molecule has 4 nitrogen and oxygen atoms in total. The van der Waals surface area contributed by atoms with E-state index >= 15 is 0 Å². The molecule has 1 fully saturated rings. The van der Waals surface area contributed by atoms with Gasteiger partial charge in [0, 0.05) is 12.5 Å². The lowest BCUT2D eigenvalue weighted by Gasteiger charge is -2.26. The van der Waals surface area contributed by atoms with Crippen molar-refractivity contribution in [2.75, 3.05) is 20.1 Å². The average Bonchev–Trinajstić information content (AvgIpc) is 2.76. The zero-order valence-electron chi connectivity index (χ0n) is 11.7. The summed E-state index contributed by atoms with van der Waals surface area (Å²) < 4.78 is 0. The Morgan fingerprint density at radius 3 is 2.78 bits per heavy atom. The van der Waals surface area contributed by atoms with Gasteiger partial charge in [0.1, 0.15) is 0 Å². The largest absolute Gasteiger partial charge is 0.393 e. The zero-order chi connectivity index (χ0) is 13.8. The van der Waals surface area contributed by atoms with Crippen LogP contribution >= 0.6 is 12.2 Å². The van der Waals surface area contributed by atoms with E-state index in [-0.39, 0.29) is 17.4 Å². The monoisotopic (exact) mass is 271 g/mol. The maximum atomic E-state index is 11.7. The van der Waals surface area contributed by atoms with E-state index in [1.165, 1.54) is 0 Å². The topological polar surface area (TPSA) is 58.4 Å². The van der Waals surface area contributed by atoms with E-state index in [4.69, 9.17) is 18.0 Å². The Hall–Kier alpha value is -0.680. The highest BCUT2D eigenvalue weighted by molar-refractivity contribution is 7.80. The number of hydrogen-bond acceptors (Lipinski definition) is 3. The smallest absolute Gasteiger partial charge is 0.237 e. The molecule has 0 spiro atoms. The number of rotatable bonds is 6. The van der Waals surface area contributed by atoms with Gasteiger partial charge in [-0.15, -0.1) is 0 Å². The SMILES string of the molecule is CNC(=O)C1CCCN1CCCC(C)(C)C(N)=S. The Kier molecular flexibility index (Phi) is 5.53. The third-order valence-electron chi connectivity index (χ3n) is 3.83. The first kappa shape index (κ1) is 15.4. The first-order valence-corrected chi connectivity index (χ1v) is 7.05. The van der Waals surface area contributed by atoms with E-state index in [1.807, 2.05) is 0 Å². The maximum Gasteiger partial charge on any atom is 0.237 e. The van der Waals surface area contributed by atoms with Gasteiger partial charge in [0.05, 0.1) is 11.0 Å². The van der Waals surface area contributed by atoms with E-state index in [9.17, 15) is 4.79 Å².